The summed E-state index contributed by atoms with van der Waals surface area (Å²) in [6.45, 7) is 7.73. The molecule has 2 N–H and O–H groups in total. The Hall–Kier alpha value is -2.62. The largest absolute Gasteiger partial charge is 0.361 e. The van der Waals surface area contributed by atoms with Crippen LogP contribution in [-0.4, -0.2) is 10.9 Å². The molecule has 0 radical (unpaired) electrons. The second kappa shape index (κ2) is 5.78. The first-order chi connectivity index (χ1) is 11.3. The molecule has 0 fully saturated rings. The number of fused-ring (bicyclic) bond motifs is 1. The minimum Gasteiger partial charge on any atom is -0.361 e. The number of carbonyl (C=O) groups excluding carboxylic acids is 1. The van der Waals surface area contributed by atoms with Gasteiger partial charge in [0.1, 0.15) is 5.82 Å². The van der Waals surface area contributed by atoms with Gasteiger partial charge in [-0.3, -0.25) is 4.79 Å². The maximum absolute atomic E-state index is 13.6. The van der Waals surface area contributed by atoms with E-state index < -0.39 is 5.41 Å². The molecule has 1 amide bonds. The average Bonchev–Trinajstić information content (AvgIpc) is 2.94. The lowest BCUT2D eigenvalue weighted by atomic mass is 9.83. The Bertz CT molecular complexity index is 925. The third-order valence-electron chi connectivity index (χ3n) is 4.65. The van der Waals surface area contributed by atoms with E-state index in [0.29, 0.717) is 0 Å². The first-order valence-electron chi connectivity index (χ1n) is 7.95. The fourth-order valence-electron chi connectivity index (χ4n) is 2.84. The predicted molar refractivity (Wildman–Crippen MR) is 95.8 cm³/mol. The van der Waals surface area contributed by atoms with Gasteiger partial charge in [0, 0.05) is 22.8 Å². The molecule has 3 rings (SSSR count). The lowest BCUT2D eigenvalue weighted by Crippen LogP contribution is -2.34. The SMILES string of the molecule is Cc1ccc(NC(=O)C(C)(C)c2c[nH]c3ccc(F)cc23)cc1C. The number of amides is 1. The van der Waals surface area contributed by atoms with Crippen molar-refractivity contribution in [3.8, 4) is 0 Å². The van der Waals surface area contributed by atoms with E-state index in [2.05, 4.69) is 10.3 Å². The summed E-state index contributed by atoms with van der Waals surface area (Å²) in [7, 11) is 0. The van der Waals surface area contributed by atoms with E-state index in [1.54, 1.807) is 12.3 Å². The molecule has 0 atom stereocenters. The number of anilines is 1. The van der Waals surface area contributed by atoms with Crippen molar-refractivity contribution in [1.82, 2.24) is 4.98 Å². The van der Waals surface area contributed by atoms with Crippen LogP contribution in [0.25, 0.3) is 10.9 Å². The number of hydrogen-bond acceptors (Lipinski definition) is 1. The van der Waals surface area contributed by atoms with E-state index in [0.717, 1.165) is 27.7 Å². The number of benzene rings is 2. The van der Waals surface area contributed by atoms with Crippen molar-refractivity contribution in [3.05, 3.63) is 65.1 Å². The highest BCUT2D eigenvalue weighted by atomic mass is 19.1. The number of aryl methyl sites for hydroxylation is 2. The summed E-state index contributed by atoms with van der Waals surface area (Å²) in [6, 6.07) is 10.4. The van der Waals surface area contributed by atoms with Gasteiger partial charge in [0.25, 0.3) is 0 Å². The number of aromatic amines is 1. The lowest BCUT2D eigenvalue weighted by molar-refractivity contribution is -0.120. The molecule has 0 aliphatic heterocycles. The number of hydrogen-bond donors (Lipinski definition) is 2. The molecule has 1 aromatic heterocycles. The lowest BCUT2D eigenvalue weighted by Gasteiger charge is -2.23. The van der Waals surface area contributed by atoms with Gasteiger partial charge in [-0.15, -0.1) is 0 Å². The molecular formula is C20H21FN2O. The summed E-state index contributed by atoms with van der Waals surface area (Å²) in [5, 5.41) is 3.70. The zero-order valence-corrected chi connectivity index (χ0v) is 14.3. The Labute approximate surface area is 140 Å². The highest BCUT2D eigenvalue weighted by Gasteiger charge is 2.32. The minimum atomic E-state index is -0.801. The molecule has 0 saturated heterocycles. The van der Waals surface area contributed by atoms with Gasteiger partial charge in [-0.25, -0.2) is 4.39 Å². The molecule has 3 nitrogen and oxygen atoms in total. The van der Waals surface area contributed by atoms with Gasteiger partial charge in [0.05, 0.1) is 5.41 Å². The Kier molecular flexibility index (Phi) is 3.91. The molecule has 124 valence electrons. The van der Waals surface area contributed by atoms with Crippen LogP contribution in [0.15, 0.2) is 42.6 Å². The molecule has 0 aliphatic rings. The van der Waals surface area contributed by atoms with Gasteiger partial charge in [-0.1, -0.05) is 6.07 Å². The highest BCUT2D eigenvalue weighted by molar-refractivity contribution is 6.01. The van der Waals surface area contributed by atoms with Crippen LogP contribution in [-0.2, 0) is 10.2 Å². The first kappa shape index (κ1) is 16.2. The highest BCUT2D eigenvalue weighted by Crippen LogP contribution is 2.32. The van der Waals surface area contributed by atoms with Gasteiger partial charge < -0.3 is 10.3 Å². The van der Waals surface area contributed by atoms with Crippen LogP contribution >= 0.6 is 0 Å². The molecule has 0 bridgehead atoms. The Morgan fingerprint density at radius 1 is 1.08 bits per heavy atom. The van der Waals surface area contributed by atoms with Gasteiger partial charge >= 0.3 is 0 Å². The Balaban J connectivity index is 1.94. The zero-order valence-electron chi connectivity index (χ0n) is 14.3. The van der Waals surface area contributed by atoms with E-state index in [9.17, 15) is 9.18 Å². The normalized spacial score (nSPS) is 11.7. The average molecular weight is 324 g/mol. The molecule has 1 heterocycles. The number of carbonyl (C=O) groups is 1. The summed E-state index contributed by atoms with van der Waals surface area (Å²) in [6.07, 6.45) is 1.78. The van der Waals surface area contributed by atoms with Gasteiger partial charge in [0.15, 0.2) is 0 Å². The molecule has 3 aromatic rings. The summed E-state index contributed by atoms with van der Waals surface area (Å²) in [5.41, 5.74) is 3.86. The molecule has 0 unspecified atom stereocenters. The molecular weight excluding hydrogens is 303 g/mol. The van der Waals surface area contributed by atoms with Crippen molar-refractivity contribution in [2.45, 2.75) is 33.1 Å². The molecule has 0 aliphatic carbocycles. The van der Waals surface area contributed by atoms with E-state index in [1.165, 1.54) is 17.7 Å². The number of H-pyrrole nitrogens is 1. The summed E-state index contributed by atoms with van der Waals surface area (Å²) < 4.78 is 13.6. The fraction of sp³-hybridized carbons (Fsp3) is 0.250. The van der Waals surface area contributed by atoms with Crippen LogP contribution in [0, 0.1) is 19.7 Å². The number of aromatic nitrogens is 1. The standard InChI is InChI=1S/C20H21FN2O/c1-12-5-7-15(9-13(12)2)23-19(24)20(3,4)17-11-22-18-8-6-14(21)10-16(17)18/h5-11,22H,1-4H3,(H,23,24). The number of halogens is 1. The van der Waals surface area contributed by atoms with Gasteiger partial charge in [0.2, 0.25) is 5.91 Å². The second-order valence-corrected chi connectivity index (χ2v) is 6.77. The van der Waals surface area contributed by atoms with E-state index >= 15 is 0 Å². The molecule has 2 aromatic carbocycles. The van der Waals surface area contributed by atoms with Crippen molar-refractivity contribution in [3.63, 3.8) is 0 Å². The van der Waals surface area contributed by atoms with Crippen LogP contribution in [0.1, 0.15) is 30.5 Å². The van der Waals surface area contributed by atoms with Gasteiger partial charge in [-0.2, -0.15) is 0 Å². The van der Waals surface area contributed by atoms with Crippen LogP contribution in [0.5, 0.6) is 0 Å². The first-order valence-corrected chi connectivity index (χ1v) is 7.95. The van der Waals surface area contributed by atoms with Crippen molar-refractivity contribution in [1.29, 1.82) is 0 Å². The van der Waals surface area contributed by atoms with Crippen molar-refractivity contribution >= 4 is 22.5 Å². The molecule has 0 spiro atoms. The summed E-state index contributed by atoms with van der Waals surface area (Å²) >= 11 is 0. The van der Waals surface area contributed by atoms with Crippen LogP contribution in [0.3, 0.4) is 0 Å². The monoisotopic (exact) mass is 324 g/mol. The molecule has 24 heavy (non-hydrogen) atoms. The van der Waals surface area contributed by atoms with Crippen LogP contribution in [0.4, 0.5) is 10.1 Å². The smallest absolute Gasteiger partial charge is 0.234 e. The third kappa shape index (κ3) is 2.80. The maximum Gasteiger partial charge on any atom is 0.234 e. The number of nitrogens with one attached hydrogen (secondary N) is 2. The summed E-state index contributed by atoms with van der Waals surface area (Å²) in [5.74, 6) is -0.440. The van der Waals surface area contributed by atoms with Gasteiger partial charge in [-0.05, 0) is 74.7 Å². The van der Waals surface area contributed by atoms with E-state index in [4.69, 9.17) is 0 Å². The molecule has 0 saturated carbocycles. The van der Waals surface area contributed by atoms with Crippen molar-refractivity contribution < 1.29 is 9.18 Å². The van der Waals surface area contributed by atoms with Crippen LogP contribution < -0.4 is 5.32 Å². The summed E-state index contributed by atoms with van der Waals surface area (Å²) in [4.78, 5) is 15.9. The van der Waals surface area contributed by atoms with Crippen molar-refractivity contribution in [2.75, 3.05) is 5.32 Å². The maximum atomic E-state index is 13.6. The topological polar surface area (TPSA) is 44.9 Å². The minimum absolute atomic E-state index is 0.129. The quantitative estimate of drug-likeness (QED) is 0.711. The molecule has 4 heteroatoms. The van der Waals surface area contributed by atoms with E-state index in [-0.39, 0.29) is 11.7 Å². The Morgan fingerprint density at radius 2 is 1.83 bits per heavy atom. The Morgan fingerprint density at radius 3 is 2.54 bits per heavy atom. The number of rotatable bonds is 3. The zero-order chi connectivity index (χ0) is 17.5. The van der Waals surface area contributed by atoms with E-state index in [1.807, 2.05) is 45.9 Å². The second-order valence-electron chi connectivity index (χ2n) is 6.77. The van der Waals surface area contributed by atoms with Crippen LogP contribution in [0.2, 0.25) is 0 Å². The third-order valence-corrected chi connectivity index (χ3v) is 4.65. The predicted octanol–water partition coefficient (Wildman–Crippen LogP) is 4.84. The van der Waals surface area contributed by atoms with Crippen molar-refractivity contribution in [2.24, 2.45) is 0 Å². The fourth-order valence-corrected chi connectivity index (χ4v) is 2.84.